The molecule has 0 amide bonds. The Labute approximate surface area is 318 Å². The summed E-state index contributed by atoms with van der Waals surface area (Å²) in [5.74, 6) is -2.49. The van der Waals surface area contributed by atoms with Crippen LogP contribution in [0.25, 0.3) is 0 Å². The van der Waals surface area contributed by atoms with E-state index in [-0.39, 0.29) is 64.7 Å². The zero-order valence-corrected chi connectivity index (χ0v) is 33.8. The highest BCUT2D eigenvalue weighted by molar-refractivity contribution is 5.96. The van der Waals surface area contributed by atoms with Crippen LogP contribution in [-0.2, 0) is 35.3 Å². The Hall–Kier alpha value is -3.21. The second-order valence-corrected chi connectivity index (χ2v) is 19.8. The van der Waals surface area contributed by atoms with Crippen molar-refractivity contribution in [2.75, 3.05) is 13.7 Å². The lowest BCUT2D eigenvalue weighted by Gasteiger charge is -2.70. The second-order valence-electron chi connectivity index (χ2n) is 19.8. The highest BCUT2D eigenvalue weighted by Crippen LogP contribution is 2.75. The number of rotatable bonds is 7. The van der Waals surface area contributed by atoms with Gasteiger partial charge in [-0.05, 0) is 131 Å². The standard InChI is InChI=1S/C43H61NO10/c1-24(2)32-29(53-37(50)54-32)23-52-36(49)43(8)30-12-15-42(7)33(40(30,5)14-13-31(43)44-20-10-11-27(44)34(46)51-9)28(45)21-25-26-22-39(4,35(47)48)17-16-38(26,3)18-19-41(25,42)6/h21,24,26-27,30-31,33H,10-20,22-23H2,1-9H3,(H,47,48)/t26-,27?,30+,31-,33+,38+,39-,40-,41+,42+,43-/m0/s1. The summed E-state index contributed by atoms with van der Waals surface area (Å²) in [6.45, 7) is 17.1. The third-order valence-corrected chi connectivity index (χ3v) is 16.9. The summed E-state index contributed by atoms with van der Waals surface area (Å²) in [7, 11) is 1.40. The number of carbonyl (C=O) groups is 4. The van der Waals surface area contributed by atoms with Crippen LogP contribution in [0.5, 0.6) is 0 Å². The predicted octanol–water partition coefficient (Wildman–Crippen LogP) is 7.45. The lowest BCUT2D eigenvalue weighted by Crippen LogP contribution is -2.70. The van der Waals surface area contributed by atoms with E-state index in [2.05, 4.69) is 32.6 Å². The zero-order valence-electron chi connectivity index (χ0n) is 33.8. The SMILES string of the molecule is COC(=O)C1CCCN1[C@H]1CC[C@@]2(C)[C@@H](CC[C@]3(C)[C@@H]2C(=O)C=C2[C@@H]4C[C@@](C)(C(=O)O)CC[C@]4(C)CC[C@]23C)[C@]1(C)C(=O)OCc1oc(=O)oc1C(C)C. The van der Waals surface area contributed by atoms with Gasteiger partial charge in [0, 0.05) is 17.9 Å². The summed E-state index contributed by atoms with van der Waals surface area (Å²) in [5.41, 5.74) is -2.16. The van der Waals surface area contributed by atoms with E-state index in [1.807, 2.05) is 33.8 Å². The number of hydrogen-bond acceptors (Lipinski definition) is 10. The number of allylic oxidation sites excluding steroid dienone is 2. The van der Waals surface area contributed by atoms with E-state index in [9.17, 15) is 24.3 Å². The average Bonchev–Trinajstić information content (AvgIpc) is 3.75. The first kappa shape index (κ1) is 39.0. The molecule has 1 saturated heterocycles. The Morgan fingerprint density at radius 1 is 0.944 bits per heavy atom. The predicted molar refractivity (Wildman–Crippen MR) is 198 cm³/mol. The summed E-state index contributed by atoms with van der Waals surface area (Å²) in [6.07, 6.45) is 9.99. The lowest BCUT2D eigenvalue weighted by molar-refractivity contribution is -0.213. The van der Waals surface area contributed by atoms with Crippen LogP contribution >= 0.6 is 0 Å². The topological polar surface area (TPSA) is 154 Å². The van der Waals surface area contributed by atoms with E-state index in [4.69, 9.17) is 18.3 Å². The Bertz CT molecular complexity index is 1820. The number of esters is 2. The van der Waals surface area contributed by atoms with Gasteiger partial charge >= 0.3 is 23.7 Å². The van der Waals surface area contributed by atoms with Gasteiger partial charge in [-0.15, -0.1) is 0 Å². The summed E-state index contributed by atoms with van der Waals surface area (Å²) in [4.78, 5) is 70.0. The van der Waals surface area contributed by atoms with Crippen molar-refractivity contribution in [3.8, 4) is 0 Å². The molecular weight excluding hydrogens is 690 g/mol. The van der Waals surface area contributed by atoms with Crippen LogP contribution in [-0.4, -0.2) is 59.4 Å². The van der Waals surface area contributed by atoms with Crippen LogP contribution in [0.2, 0.25) is 0 Å². The van der Waals surface area contributed by atoms with Crippen molar-refractivity contribution < 1.29 is 42.6 Å². The molecule has 5 aliphatic carbocycles. The number of ether oxygens (including phenoxy) is 2. The van der Waals surface area contributed by atoms with Gasteiger partial charge in [-0.25, -0.2) is 4.79 Å². The van der Waals surface area contributed by atoms with Crippen molar-refractivity contribution in [1.29, 1.82) is 0 Å². The molecular formula is C43H61NO10. The zero-order chi connectivity index (χ0) is 39.4. The minimum absolute atomic E-state index is 0.0125. The summed E-state index contributed by atoms with van der Waals surface area (Å²) < 4.78 is 22.0. The molecule has 298 valence electrons. The minimum Gasteiger partial charge on any atom is -0.481 e. The van der Waals surface area contributed by atoms with Gasteiger partial charge in [0.15, 0.2) is 23.9 Å². The Morgan fingerprint density at radius 2 is 1.65 bits per heavy atom. The molecule has 1 unspecified atom stereocenters. The number of nitrogens with zero attached hydrogens (tertiary/aromatic N) is 1. The van der Waals surface area contributed by atoms with E-state index in [0.29, 0.717) is 50.8 Å². The fraction of sp³-hybridized carbons (Fsp3) is 0.791. The minimum atomic E-state index is -1.12. The molecule has 5 fully saturated rings. The molecule has 6 aliphatic rings. The van der Waals surface area contributed by atoms with E-state index in [1.165, 1.54) is 7.11 Å². The fourth-order valence-electron chi connectivity index (χ4n) is 13.5. The van der Waals surface area contributed by atoms with Crippen LogP contribution < -0.4 is 5.82 Å². The number of methoxy groups -OCH3 is 1. The van der Waals surface area contributed by atoms with E-state index in [0.717, 1.165) is 37.7 Å². The van der Waals surface area contributed by atoms with Crippen LogP contribution in [0, 0.1) is 50.2 Å². The van der Waals surface area contributed by atoms with Crippen molar-refractivity contribution in [3.05, 3.63) is 33.8 Å². The molecule has 7 rings (SSSR count). The van der Waals surface area contributed by atoms with Crippen LogP contribution in [0.1, 0.15) is 143 Å². The maximum atomic E-state index is 15.0. The highest BCUT2D eigenvalue weighted by Gasteiger charge is 2.72. The molecule has 0 spiro atoms. The summed E-state index contributed by atoms with van der Waals surface area (Å²) >= 11 is 0. The first-order chi connectivity index (χ1) is 25.2. The molecule has 0 aromatic carbocycles. The van der Waals surface area contributed by atoms with Gasteiger partial charge in [0.25, 0.3) is 0 Å². The van der Waals surface area contributed by atoms with E-state index >= 15 is 4.79 Å². The second kappa shape index (κ2) is 12.9. The van der Waals surface area contributed by atoms with Crippen molar-refractivity contribution in [3.63, 3.8) is 0 Å². The molecule has 1 N–H and O–H groups in total. The van der Waals surface area contributed by atoms with Crippen molar-refractivity contribution in [2.45, 2.75) is 151 Å². The number of aliphatic carboxylic acids is 1. The number of likely N-dealkylation sites (tertiary alicyclic amines) is 1. The third-order valence-electron chi connectivity index (χ3n) is 16.9. The van der Waals surface area contributed by atoms with Gasteiger partial charge < -0.3 is 23.4 Å². The van der Waals surface area contributed by atoms with Crippen LogP contribution in [0.4, 0.5) is 0 Å². The average molecular weight is 752 g/mol. The van der Waals surface area contributed by atoms with Crippen molar-refractivity contribution in [2.24, 2.45) is 50.2 Å². The molecule has 11 atom stereocenters. The first-order valence-electron chi connectivity index (χ1n) is 20.3. The normalized spacial score (nSPS) is 43.3. The quantitative estimate of drug-likeness (QED) is 0.277. The molecule has 1 aromatic heterocycles. The van der Waals surface area contributed by atoms with Gasteiger partial charge in [-0.2, -0.15) is 0 Å². The number of hydrogen-bond donors (Lipinski definition) is 1. The van der Waals surface area contributed by atoms with Gasteiger partial charge in [-0.3, -0.25) is 24.1 Å². The first-order valence-corrected chi connectivity index (χ1v) is 20.3. The van der Waals surface area contributed by atoms with Gasteiger partial charge in [0.05, 0.1) is 17.9 Å². The third kappa shape index (κ3) is 5.39. The van der Waals surface area contributed by atoms with E-state index < -0.39 is 45.5 Å². The van der Waals surface area contributed by atoms with Crippen LogP contribution in [0.3, 0.4) is 0 Å². The Balaban J connectivity index is 1.29. The maximum absolute atomic E-state index is 15.0. The molecule has 1 aliphatic heterocycles. The molecule has 1 aromatic rings. The Morgan fingerprint density at radius 3 is 2.31 bits per heavy atom. The monoisotopic (exact) mass is 751 g/mol. The number of fused-ring (bicyclic) bond motifs is 7. The van der Waals surface area contributed by atoms with Gasteiger partial charge in [0.2, 0.25) is 0 Å². The van der Waals surface area contributed by atoms with Gasteiger partial charge in [-0.1, -0.05) is 47.1 Å². The smallest absolute Gasteiger partial charge is 0.481 e. The molecule has 0 bridgehead atoms. The van der Waals surface area contributed by atoms with Crippen LogP contribution in [0.15, 0.2) is 25.3 Å². The number of ketones is 1. The largest absolute Gasteiger partial charge is 0.519 e. The van der Waals surface area contributed by atoms with E-state index in [1.54, 1.807) is 0 Å². The lowest BCUT2D eigenvalue weighted by atomic mass is 9.33. The molecule has 54 heavy (non-hydrogen) atoms. The highest BCUT2D eigenvalue weighted by atomic mass is 16.6. The summed E-state index contributed by atoms with van der Waals surface area (Å²) in [5, 5.41) is 10.3. The van der Waals surface area contributed by atoms with Crippen molar-refractivity contribution >= 4 is 23.7 Å². The molecule has 4 saturated carbocycles. The molecule has 0 radical (unpaired) electrons. The maximum Gasteiger partial charge on any atom is 0.519 e. The van der Waals surface area contributed by atoms with Crippen molar-refractivity contribution in [1.82, 2.24) is 4.90 Å². The Kier molecular flexibility index (Phi) is 9.34. The summed E-state index contributed by atoms with van der Waals surface area (Å²) in [6, 6.07) is -0.819. The number of carboxylic acid groups (broad SMARTS) is 1. The number of carboxylic acids is 1. The molecule has 2 heterocycles. The molecule has 11 nitrogen and oxygen atoms in total. The van der Waals surface area contributed by atoms with Gasteiger partial charge in [0.1, 0.15) is 6.04 Å². The number of carbonyl (C=O) groups excluding carboxylic acids is 3. The molecule has 11 heteroatoms. The fourth-order valence-corrected chi connectivity index (χ4v) is 13.5.